The van der Waals surface area contributed by atoms with Gasteiger partial charge in [0.15, 0.2) is 0 Å². The topological polar surface area (TPSA) is 62.2 Å². The summed E-state index contributed by atoms with van der Waals surface area (Å²) in [6.45, 7) is 0. The summed E-state index contributed by atoms with van der Waals surface area (Å²) in [5.74, 6) is -1.26. The van der Waals surface area contributed by atoms with E-state index >= 15 is 0 Å². The molecule has 0 radical (unpaired) electrons. The van der Waals surface area contributed by atoms with Crippen molar-refractivity contribution in [2.45, 2.75) is 18.4 Å². The third-order valence-electron chi connectivity index (χ3n) is 3.43. The first-order valence-electron chi connectivity index (χ1n) is 6.35. The van der Waals surface area contributed by atoms with Gasteiger partial charge in [0.1, 0.15) is 17.2 Å². The Hall–Kier alpha value is -2.43. The first-order valence-corrected chi connectivity index (χ1v) is 6.35. The summed E-state index contributed by atoms with van der Waals surface area (Å²) < 4.78 is 13.0. The largest absolute Gasteiger partial charge is 0.478 e. The maximum Gasteiger partial charge on any atom is 0.339 e. The number of hydrogen-bond acceptors (Lipinski definition) is 3. The molecule has 0 amide bonds. The number of nitrogens with zero attached hydrogens (tertiary/aromatic N) is 1. The first kappa shape index (κ1) is 12.6. The van der Waals surface area contributed by atoms with E-state index < -0.39 is 11.8 Å². The van der Waals surface area contributed by atoms with Crippen molar-refractivity contribution < 1.29 is 14.3 Å². The van der Waals surface area contributed by atoms with Gasteiger partial charge in [-0.15, -0.1) is 0 Å². The van der Waals surface area contributed by atoms with E-state index in [1.54, 1.807) is 0 Å². The Bertz CT molecular complexity index is 646. The van der Waals surface area contributed by atoms with Crippen LogP contribution in [-0.2, 0) is 0 Å². The number of nitrogens with one attached hydrogen (secondary N) is 1. The van der Waals surface area contributed by atoms with Gasteiger partial charge >= 0.3 is 5.97 Å². The number of aromatic nitrogens is 1. The minimum atomic E-state index is -1.18. The van der Waals surface area contributed by atoms with E-state index in [0.717, 1.165) is 18.7 Å². The van der Waals surface area contributed by atoms with Gasteiger partial charge < -0.3 is 10.4 Å². The van der Waals surface area contributed by atoms with Gasteiger partial charge in [0, 0.05) is 12.0 Å². The quantitative estimate of drug-likeness (QED) is 0.898. The molecule has 5 heteroatoms. The molecular formula is C15H13FN2O2. The van der Waals surface area contributed by atoms with Crippen LogP contribution in [0.25, 0.3) is 0 Å². The second-order valence-electron chi connectivity index (χ2n) is 4.86. The van der Waals surface area contributed by atoms with Gasteiger partial charge in [-0.05, 0) is 18.1 Å². The predicted octanol–water partition coefficient (Wildman–Crippen LogP) is 2.89. The molecule has 20 heavy (non-hydrogen) atoms. The Morgan fingerprint density at radius 2 is 2.10 bits per heavy atom. The lowest BCUT2D eigenvalue weighted by atomic mass is 10.1. The fourth-order valence-electron chi connectivity index (χ4n) is 2.32. The SMILES string of the molecule is O=C(O)c1cc(F)cnc1NC1CC1c1ccccc1. The van der Waals surface area contributed by atoms with Crippen LogP contribution in [0.5, 0.6) is 0 Å². The van der Waals surface area contributed by atoms with Gasteiger partial charge in [-0.1, -0.05) is 30.3 Å². The van der Waals surface area contributed by atoms with E-state index in [0.29, 0.717) is 5.92 Å². The number of aromatic carboxylic acids is 1. The average molecular weight is 272 g/mol. The van der Waals surface area contributed by atoms with Gasteiger partial charge in [-0.2, -0.15) is 0 Å². The lowest BCUT2D eigenvalue weighted by molar-refractivity contribution is 0.0697. The van der Waals surface area contributed by atoms with Crippen LogP contribution in [0.3, 0.4) is 0 Å². The Balaban J connectivity index is 1.76. The molecule has 3 rings (SSSR count). The van der Waals surface area contributed by atoms with Crippen LogP contribution in [0, 0.1) is 5.82 Å². The number of pyridine rings is 1. The van der Waals surface area contributed by atoms with Gasteiger partial charge in [0.05, 0.1) is 6.20 Å². The van der Waals surface area contributed by atoms with E-state index in [-0.39, 0.29) is 17.4 Å². The summed E-state index contributed by atoms with van der Waals surface area (Å²) >= 11 is 0. The molecule has 0 saturated heterocycles. The van der Waals surface area contributed by atoms with Crippen LogP contribution in [0.2, 0.25) is 0 Å². The number of hydrogen-bond donors (Lipinski definition) is 2. The van der Waals surface area contributed by atoms with Crippen molar-refractivity contribution in [1.82, 2.24) is 4.98 Å². The number of carbonyl (C=O) groups is 1. The highest BCUT2D eigenvalue weighted by Gasteiger charge is 2.39. The minimum absolute atomic E-state index is 0.135. The second kappa shape index (κ2) is 4.92. The van der Waals surface area contributed by atoms with Crippen LogP contribution >= 0.6 is 0 Å². The molecule has 2 aromatic rings. The van der Waals surface area contributed by atoms with Crippen molar-refractivity contribution >= 4 is 11.8 Å². The number of anilines is 1. The molecule has 1 aromatic carbocycles. The summed E-state index contributed by atoms with van der Waals surface area (Å²) in [6.07, 6.45) is 1.94. The molecule has 1 aliphatic carbocycles. The van der Waals surface area contributed by atoms with Gasteiger partial charge in [0.25, 0.3) is 0 Å². The van der Waals surface area contributed by atoms with Crippen LogP contribution in [-0.4, -0.2) is 22.1 Å². The molecule has 2 N–H and O–H groups in total. The van der Waals surface area contributed by atoms with E-state index in [1.165, 1.54) is 5.56 Å². The molecule has 2 unspecified atom stereocenters. The Morgan fingerprint density at radius 3 is 2.80 bits per heavy atom. The molecule has 2 atom stereocenters. The first-order chi connectivity index (χ1) is 9.65. The number of halogens is 1. The summed E-state index contributed by atoms with van der Waals surface area (Å²) in [5.41, 5.74) is 1.08. The summed E-state index contributed by atoms with van der Waals surface area (Å²) in [7, 11) is 0. The van der Waals surface area contributed by atoms with Crippen molar-refractivity contribution in [1.29, 1.82) is 0 Å². The van der Waals surface area contributed by atoms with Gasteiger partial charge in [-0.25, -0.2) is 14.2 Å². The maximum atomic E-state index is 13.0. The predicted molar refractivity (Wildman–Crippen MR) is 72.4 cm³/mol. The molecule has 0 bridgehead atoms. The summed E-state index contributed by atoms with van der Waals surface area (Å²) in [6, 6.07) is 11.1. The Kier molecular flexibility index (Phi) is 3.10. The molecule has 1 aromatic heterocycles. The lowest BCUT2D eigenvalue weighted by Crippen LogP contribution is -2.11. The smallest absolute Gasteiger partial charge is 0.339 e. The number of carboxylic acid groups (broad SMARTS) is 1. The molecular weight excluding hydrogens is 259 g/mol. The Labute approximate surface area is 115 Å². The lowest BCUT2D eigenvalue weighted by Gasteiger charge is -2.08. The molecule has 102 valence electrons. The van der Waals surface area contributed by atoms with Crippen molar-refractivity contribution in [2.24, 2.45) is 0 Å². The zero-order valence-corrected chi connectivity index (χ0v) is 10.6. The van der Waals surface area contributed by atoms with E-state index in [9.17, 15) is 9.18 Å². The molecule has 0 spiro atoms. The summed E-state index contributed by atoms with van der Waals surface area (Å²) in [4.78, 5) is 14.9. The highest BCUT2D eigenvalue weighted by molar-refractivity contribution is 5.93. The monoisotopic (exact) mass is 272 g/mol. The van der Waals surface area contributed by atoms with Gasteiger partial charge in [0.2, 0.25) is 0 Å². The van der Waals surface area contributed by atoms with Crippen LogP contribution in [0.4, 0.5) is 10.2 Å². The van der Waals surface area contributed by atoms with Crippen molar-refractivity contribution in [2.75, 3.05) is 5.32 Å². The zero-order valence-electron chi connectivity index (χ0n) is 10.6. The highest BCUT2D eigenvalue weighted by Crippen LogP contribution is 2.42. The summed E-state index contributed by atoms with van der Waals surface area (Å²) in [5, 5.41) is 12.1. The third-order valence-corrected chi connectivity index (χ3v) is 3.43. The average Bonchev–Trinajstić information content (AvgIpc) is 3.21. The maximum absolute atomic E-state index is 13.0. The number of benzene rings is 1. The van der Waals surface area contributed by atoms with Crippen LogP contribution < -0.4 is 5.32 Å². The van der Waals surface area contributed by atoms with Crippen LogP contribution in [0.15, 0.2) is 42.6 Å². The van der Waals surface area contributed by atoms with E-state index in [1.807, 2.05) is 30.3 Å². The Morgan fingerprint density at radius 1 is 1.35 bits per heavy atom. The van der Waals surface area contributed by atoms with Crippen molar-refractivity contribution in [3.05, 3.63) is 59.5 Å². The number of carboxylic acids is 1. The van der Waals surface area contributed by atoms with E-state index in [4.69, 9.17) is 5.11 Å². The molecule has 1 saturated carbocycles. The fourth-order valence-corrected chi connectivity index (χ4v) is 2.32. The molecule has 1 fully saturated rings. The zero-order chi connectivity index (χ0) is 14.1. The van der Waals surface area contributed by atoms with Crippen molar-refractivity contribution in [3.8, 4) is 0 Å². The van der Waals surface area contributed by atoms with Crippen molar-refractivity contribution in [3.63, 3.8) is 0 Å². The molecule has 0 aliphatic heterocycles. The van der Waals surface area contributed by atoms with Crippen LogP contribution in [0.1, 0.15) is 28.3 Å². The molecule has 4 nitrogen and oxygen atoms in total. The minimum Gasteiger partial charge on any atom is -0.478 e. The fraction of sp³-hybridized carbons (Fsp3) is 0.200. The molecule has 1 heterocycles. The van der Waals surface area contributed by atoms with Gasteiger partial charge in [-0.3, -0.25) is 0 Å². The number of rotatable bonds is 4. The highest BCUT2D eigenvalue weighted by atomic mass is 19.1. The van der Waals surface area contributed by atoms with E-state index in [2.05, 4.69) is 10.3 Å². The standard InChI is InChI=1S/C15H13FN2O2/c16-10-6-12(15(19)20)14(17-8-10)18-13-7-11(13)9-4-2-1-3-5-9/h1-6,8,11,13H,7H2,(H,17,18)(H,19,20). The molecule has 1 aliphatic rings. The third kappa shape index (κ3) is 2.47. The second-order valence-corrected chi connectivity index (χ2v) is 4.86. The normalized spacial score (nSPS) is 20.4.